The molecule has 0 amide bonds. The summed E-state index contributed by atoms with van der Waals surface area (Å²) < 4.78 is 11.6. The van der Waals surface area contributed by atoms with E-state index in [4.69, 9.17) is 9.47 Å². The summed E-state index contributed by atoms with van der Waals surface area (Å²) in [4.78, 5) is 14.0. The number of fused-ring (bicyclic) bond motifs is 2. The summed E-state index contributed by atoms with van der Waals surface area (Å²) >= 11 is 0. The highest BCUT2D eigenvalue weighted by molar-refractivity contribution is 5.72. The first-order valence-corrected chi connectivity index (χ1v) is 17.5. The molecule has 0 spiro atoms. The minimum absolute atomic E-state index is 0.0960. The van der Waals surface area contributed by atoms with Gasteiger partial charge in [0.1, 0.15) is 12.4 Å². The van der Waals surface area contributed by atoms with E-state index < -0.39 is 12.1 Å². The highest BCUT2D eigenvalue weighted by atomic mass is 16.5. The highest BCUT2D eigenvalue weighted by Crippen LogP contribution is 2.39. The molecule has 0 aliphatic heterocycles. The van der Waals surface area contributed by atoms with Crippen molar-refractivity contribution < 1.29 is 19.4 Å². The van der Waals surface area contributed by atoms with E-state index in [-0.39, 0.29) is 6.04 Å². The Kier molecular flexibility index (Phi) is 11.2. The molecule has 1 aliphatic rings. The number of hydrogen-bond acceptors (Lipinski definition) is 4. The van der Waals surface area contributed by atoms with Gasteiger partial charge in [0.2, 0.25) is 0 Å². The van der Waals surface area contributed by atoms with Gasteiger partial charge in [-0.05, 0) is 95.4 Å². The van der Waals surface area contributed by atoms with Crippen LogP contribution in [0.15, 0.2) is 121 Å². The maximum absolute atomic E-state index is 11.5. The van der Waals surface area contributed by atoms with Crippen molar-refractivity contribution in [1.82, 2.24) is 4.90 Å². The topological polar surface area (TPSA) is 59.0 Å². The molecule has 5 aromatic rings. The molecule has 3 atom stereocenters. The first-order valence-electron chi connectivity index (χ1n) is 17.5. The van der Waals surface area contributed by atoms with Gasteiger partial charge in [0.05, 0.1) is 6.04 Å². The SMILES string of the molecule is CCOC(Cc1ccc(OCCN(C)C2c3ccc(Cc4ccccc4)cc3CCc3ccc(C(C)c4ccccc4)cc32)cc1)C(=O)O. The van der Waals surface area contributed by atoms with Gasteiger partial charge >= 0.3 is 5.97 Å². The smallest absolute Gasteiger partial charge is 0.333 e. The van der Waals surface area contributed by atoms with Gasteiger partial charge in [-0.2, -0.15) is 0 Å². The molecule has 0 radical (unpaired) electrons. The zero-order valence-corrected chi connectivity index (χ0v) is 28.8. The minimum Gasteiger partial charge on any atom is -0.492 e. The lowest BCUT2D eigenvalue weighted by Crippen LogP contribution is -2.30. The third-order valence-corrected chi connectivity index (χ3v) is 9.82. The van der Waals surface area contributed by atoms with E-state index in [0.717, 1.165) is 37.1 Å². The summed E-state index contributed by atoms with van der Waals surface area (Å²) in [6.07, 6.45) is 2.43. The number of aryl methyl sites for hydroxylation is 2. The number of ether oxygens (including phenoxy) is 2. The molecule has 49 heavy (non-hydrogen) atoms. The number of carboxylic acids is 1. The summed E-state index contributed by atoms with van der Waals surface area (Å²) in [5.41, 5.74) is 11.8. The number of benzene rings is 5. The lowest BCUT2D eigenvalue weighted by atomic mass is 9.87. The quantitative estimate of drug-likeness (QED) is 0.130. The number of carbonyl (C=O) groups is 1. The van der Waals surface area contributed by atoms with Crippen molar-refractivity contribution >= 4 is 5.97 Å². The number of nitrogens with zero attached hydrogens (tertiary/aromatic N) is 1. The molecule has 3 unspecified atom stereocenters. The normalized spacial score (nSPS) is 15.1. The van der Waals surface area contributed by atoms with E-state index in [1.807, 2.05) is 31.2 Å². The van der Waals surface area contributed by atoms with Crippen molar-refractivity contribution in [2.75, 3.05) is 26.8 Å². The molecule has 6 rings (SSSR count). The molecule has 1 N–H and O–H groups in total. The number of hydrogen-bond donors (Lipinski definition) is 1. The van der Waals surface area contributed by atoms with E-state index in [1.54, 1.807) is 0 Å². The fourth-order valence-electron chi connectivity index (χ4n) is 7.09. The molecule has 0 aromatic heterocycles. The molecule has 0 bridgehead atoms. The lowest BCUT2D eigenvalue weighted by Gasteiger charge is -2.31. The Morgan fingerprint density at radius 3 is 2.18 bits per heavy atom. The monoisotopic (exact) mass is 653 g/mol. The maximum Gasteiger partial charge on any atom is 0.333 e. The zero-order valence-electron chi connectivity index (χ0n) is 28.8. The summed E-state index contributed by atoms with van der Waals surface area (Å²) in [6.45, 7) is 5.74. The first-order chi connectivity index (χ1) is 23.9. The molecule has 0 saturated carbocycles. The van der Waals surface area contributed by atoms with E-state index in [2.05, 4.69) is 116 Å². The van der Waals surface area contributed by atoms with Crippen LogP contribution in [0.5, 0.6) is 5.75 Å². The Bertz CT molecular complexity index is 1820. The molecular weight excluding hydrogens is 606 g/mol. The standard InChI is InChI=1S/C44H47NO4/c1-4-48-42(44(46)47)29-33-15-22-39(23-16-33)49-26-25-45(3)43-40-24-17-34(27-32-11-7-5-8-12-32)28-38(40)21-19-36-18-20-37(30-41(36)43)31(2)35-13-9-6-10-14-35/h5-18,20,22-24,28,30-31,42-43H,4,19,21,25-27,29H2,1-3H3,(H,46,47). The van der Waals surface area contributed by atoms with Gasteiger partial charge in [0, 0.05) is 25.5 Å². The fourth-order valence-corrected chi connectivity index (χ4v) is 7.09. The first kappa shape index (κ1) is 34.2. The summed E-state index contributed by atoms with van der Waals surface area (Å²) in [7, 11) is 2.21. The summed E-state index contributed by atoms with van der Waals surface area (Å²) in [5.74, 6) is 0.117. The Balaban J connectivity index is 1.24. The second-order valence-electron chi connectivity index (χ2n) is 13.1. The average Bonchev–Trinajstić information content (AvgIpc) is 3.28. The Morgan fingerprint density at radius 2 is 1.47 bits per heavy atom. The fraction of sp³-hybridized carbons (Fsp3) is 0.295. The van der Waals surface area contributed by atoms with E-state index in [0.29, 0.717) is 25.6 Å². The maximum atomic E-state index is 11.5. The Labute approximate surface area is 291 Å². The van der Waals surface area contributed by atoms with Gasteiger partial charge in [-0.25, -0.2) is 4.79 Å². The van der Waals surface area contributed by atoms with E-state index >= 15 is 0 Å². The predicted molar refractivity (Wildman–Crippen MR) is 197 cm³/mol. The highest BCUT2D eigenvalue weighted by Gasteiger charge is 2.28. The zero-order chi connectivity index (χ0) is 34.2. The lowest BCUT2D eigenvalue weighted by molar-refractivity contribution is -0.149. The van der Waals surface area contributed by atoms with Gasteiger partial charge in [-0.15, -0.1) is 0 Å². The molecule has 5 aromatic carbocycles. The van der Waals surface area contributed by atoms with Crippen LogP contribution >= 0.6 is 0 Å². The third kappa shape index (κ3) is 8.48. The van der Waals surface area contributed by atoms with Crippen LogP contribution in [0.4, 0.5) is 0 Å². The molecule has 5 nitrogen and oxygen atoms in total. The van der Waals surface area contributed by atoms with Crippen molar-refractivity contribution in [3.05, 3.63) is 171 Å². The average molecular weight is 654 g/mol. The number of likely N-dealkylation sites (N-methyl/N-ethyl adjacent to an activating group) is 1. The van der Waals surface area contributed by atoms with E-state index in [1.165, 1.54) is 44.5 Å². The van der Waals surface area contributed by atoms with E-state index in [9.17, 15) is 9.90 Å². The van der Waals surface area contributed by atoms with Crippen molar-refractivity contribution in [2.45, 2.75) is 57.6 Å². The minimum atomic E-state index is -0.944. The molecule has 1 aliphatic carbocycles. The molecule has 252 valence electrons. The van der Waals surface area contributed by atoms with Gasteiger partial charge in [0.25, 0.3) is 0 Å². The van der Waals surface area contributed by atoms with Crippen molar-refractivity contribution in [1.29, 1.82) is 0 Å². The van der Waals surface area contributed by atoms with Crippen LogP contribution < -0.4 is 4.74 Å². The Morgan fingerprint density at radius 1 is 0.776 bits per heavy atom. The van der Waals surface area contributed by atoms with Crippen LogP contribution in [0.3, 0.4) is 0 Å². The second kappa shape index (κ2) is 16.1. The Hall–Kier alpha value is -4.71. The van der Waals surface area contributed by atoms with Gasteiger partial charge in [-0.3, -0.25) is 4.90 Å². The van der Waals surface area contributed by atoms with Gasteiger partial charge < -0.3 is 14.6 Å². The van der Waals surface area contributed by atoms with Crippen LogP contribution in [0.2, 0.25) is 0 Å². The number of aliphatic carboxylic acids is 1. The molecule has 5 heteroatoms. The van der Waals surface area contributed by atoms with Crippen molar-refractivity contribution in [3.8, 4) is 5.75 Å². The van der Waals surface area contributed by atoms with Crippen molar-refractivity contribution in [2.24, 2.45) is 0 Å². The van der Waals surface area contributed by atoms with Crippen LogP contribution in [-0.2, 0) is 35.2 Å². The van der Waals surface area contributed by atoms with Crippen LogP contribution in [0.1, 0.15) is 75.9 Å². The molecular formula is C44H47NO4. The third-order valence-electron chi connectivity index (χ3n) is 9.82. The molecule has 0 saturated heterocycles. The van der Waals surface area contributed by atoms with Crippen molar-refractivity contribution in [3.63, 3.8) is 0 Å². The van der Waals surface area contributed by atoms with Crippen LogP contribution in [0.25, 0.3) is 0 Å². The number of carboxylic acid groups (broad SMARTS) is 1. The van der Waals surface area contributed by atoms with Crippen LogP contribution in [-0.4, -0.2) is 48.9 Å². The number of rotatable bonds is 14. The molecule has 0 fully saturated rings. The largest absolute Gasteiger partial charge is 0.492 e. The van der Waals surface area contributed by atoms with Crippen LogP contribution in [0, 0.1) is 0 Å². The van der Waals surface area contributed by atoms with Gasteiger partial charge in [-0.1, -0.05) is 116 Å². The predicted octanol–water partition coefficient (Wildman–Crippen LogP) is 8.66. The summed E-state index contributed by atoms with van der Waals surface area (Å²) in [6, 6.07) is 43.5. The molecule has 0 heterocycles. The van der Waals surface area contributed by atoms with Gasteiger partial charge in [0.15, 0.2) is 6.10 Å². The second-order valence-corrected chi connectivity index (χ2v) is 13.1. The summed E-state index contributed by atoms with van der Waals surface area (Å²) in [5, 5.41) is 9.45.